The molecule has 4 aliphatic rings. The molecule has 9 aromatic rings. The van der Waals surface area contributed by atoms with E-state index in [1.807, 2.05) is 243 Å². The number of aliphatic carboxylic acids is 1. The van der Waals surface area contributed by atoms with E-state index in [0.29, 0.717) is 58.9 Å². The Morgan fingerprint density at radius 3 is 1.65 bits per heavy atom. The lowest BCUT2D eigenvalue weighted by atomic mass is 9.68. The molecule has 0 spiro atoms. The summed E-state index contributed by atoms with van der Waals surface area (Å²) in [5.41, 5.74) is 3.88. The second-order valence-electron chi connectivity index (χ2n) is 23.6. The van der Waals surface area contributed by atoms with E-state index < -0.39 is 58.9 Å². The monoisotopic (exact) mass is 1280 g/mol. The highest BCUT2D eigenvalue weighted by atomic mass is 35.5. The van der Waals surface area contributed by atoms with Crippen LogP contribution >= 0.6 is 22.9 Å². The van der Waals surface area contributed by atoms with Gasteiger partial charge in [-0.2, -0.15) is 0 Å². The van der Waals surface area contributed by atoms with Crippen molar-refractivity contribution in [1.29, 1.82) is 0 Å². The number of nitrogens with one attached hydrogen (secondary N) is 2. The molecule has 0 radical (unpaired) electrons. The van der Waals surface area contributed by atoms with E-state index in [1.165, 1.54) is 11.0 Å². The van der Waals surface area contributed by atoms with Gasteiger partial charge in [0.2, 0.25) is 11.5 Å². The Morgan fingerprint density at radius 1 is 0.691 bits per heavy atom. The number of rotatable bonds is 21. The van der Waals surface area contributed by atoms with Gasteiger partial charge in [0.1, 0.15) is 33.9 Å². The Kier molecular flexibility index (Phi) is 18.0. The minimum atomic E-state index is -1.49. The molecule has 17 heteroatoms. The number of allylic oxidation sites excluding steroid dienone is 2. The Balaban J connectivity index is 0.924. The summed E-state index contributed by atoms with van der Waals surface area (Å²) in [6.07, 6.45) is 3.66. The van der Waals surface area contributed by atoms with Gasteiger partial charge in [-0.05, 0) is 64.6 Å². The first-order valence-electron chi connectivity index (χ1n) is 31.3. The van der Waals surface area contributed by atoms with Crippen LogP contribution in [0.4, 0.5) is 9.93 Å². The van der Waals surface area contributed by atoms with Crippen LogP contribution in [0, 0.1) is 5.92 Å². The van der Waals surface area contributed by atoms with E-state index in [9.17, 15) is 19.5 Å². The molecule has 4 atom stereocenters. The van der Waals surface area contributed by atoms with Crippen molar-refractivity contribution in [1.82, 2.24) is 25.0 Å². The van der Waals surface area contributed by atoms with Gasteiger partial charge in [-0.25, -0.2) is 14.6 Å². The van der Waals surface area contributed by atoms with Crippen molar-refractivity contribution in [3.63, 3.8) is 0 Å². The van der Waals surface area contributed by atoms with Crippen molar-refractivity contribution >= 4 is 63.6 Å². The van der Waals surface area contributed by atoms with Gasteiger partial charge in [-0.15, -0.1) is 0 Å². The maximum absolute atomic E-state index is 16.0. The molecule has 0 bridgehead atoms. The standard InChI is InChI=1S/C77H66ClN7O8S/c1-2-47-92-75(91)83-45-44-60(50-83)84-46-43-53(71(84)87)48-62-61(64(51-27-11-3-12-28-51)52-29-13-4-14-30-52)49-63-65(72(88)85(63)68(62)73(89)90)79-70(86)67(82-93-77(57-37-21-8-22-38-57,58-39-23-9-24-40-58)59-41-25-10-26-42-59)66-69(78)94-74(80-66)81-76(54-31-15-5-16-32-54,55-33-17-6-18-34-55)56-35-19-7-20-36-56/h2-42,48,60-61,63-65H,1,43-47,49-50H2,(H,79,86)(H,80,81)(H,89,90)/t60-,61?,63-,65+/m1/s1. The number of fused-ring (bicyclic) bond motifs is 1. The number of hydrogen-bond donors (Lipinski definition) is 3. The first-order valence-corrected chi connectivity index (χ1v) is 32.5. The summed E-state index contributed by atoms with van der Waals surface area (Å²) in [4.78, 5) is 90.0. The molecule has 13 rings (SSSR count). The number of anilines is 1. The molecule has 0 saturated carbocycles. The highest BCUT2D eigenvalue weighted by molar-refractivity contribution is 7.20. The summed E-state index contributed by atoms with van der Waals surface area (Å²) in [5, 5.41) is 23.7. The molecular formula is C77H66ClN7O8S. The molecule has 3 saturated heterocycles. The van der Waals surface area contributed by atoms with Gasteiger partial charge in [0.15, 0.2) is 10.8 Å². The van der Waals surface area contributed by atoms with E-state index in [-0.39, 0.29) is 53.0 Å². The van der Waals surface area contributed by atoms with E-state index in [2.05, 4.69) is 17.2 Å². The van der Waals surface area contributed by atoms with Gasteiger partial charge in [0.25, 0.3) is 11.8 Å². The third kappa shape index (κ3) is 11.9. The largest absolute Gasteiger partial charge is 0.477 e. The zero-order valence-electron chi connectivity index (χ0n) is 51.1. The number of carbonyl (C=O) groups excluding carboxylic acids is 4. The van der Waals surface area contributed by atoms with Crippen LogP contribution < -0.4 is 10.6 Å². The number of oxime groups is 1. The number of carbonyl (C=O) groups is 5. The van der Waals surface area contributed by atoms with Gasteiger partial charge in [-0.3, -0.25) is 19.3 Å². The third-order valence-electron chi connectivity index (χ3n) is 18.3. The number of carboxylic acid groups (broad SMARTS) is 1. The van der Waals surface area contributed by atoms with Gasteiger partial charge in [-0.1, -0.05) is 283 Å². The molecule has 470 valence electrons. The third-order valence-corrected chi connectivity index (χ3v) is 19.4. The van der Waals surface area contributed by atoms with Crippen LogP contribution in [0.15, 0.2) is 283 Å². The van der Waals surface area contributed by atoms with Crippen molar-refractivity contribution in [2.24, 2.45) is 11.1 Å². The number of nitrogens with zero attached hydrogens (tertiary/aromatic N) is 5. The van der Waals surface area contributed by atoms with Gasteiger partial charge in [0, 0.05) is 47.8 Å². The van der Waals surface area contributed by atoms with E-state index in [1.54, 1.807) is 15.9 Å². The van der Waals surface area contributed by atoms with Crippen LogP contribution in [0.1, 0.15) is 75.4 Å². The lowest BCUT2D eigenvalue weighted by Gasteiger charge is -2.53. The maximum atomic E-state index is 16.0. The van der Waals surface area contributed by atoms with E-state index in [4.69, 9.17) is 31.3 Å². The molecule has 3 N–H and O–H groups in total. The fraction of sp³-hybridized carbons (Fsp3) is 0.182. The fourth-order valence-corrected chi connectivity index (χ4v) is 15.0. The van der Waals surface area contributed by atoms with Crippen LogP contribution in [0.5, 0.6) is 0 Å². The predicted octanol–water partition coefficient (Wildman–Crippen LogP) is 13.4. The smallest absolute Gasteiger partial charge is 0.410 e. The number of halogens is 1. The van der Waals surface area contributed by atoms with Gasteiger partial charge < -0.3 is 35.1 Å². The normalized spacial score (nSPS) is 18.6. The van der Waals surface area contributed by atoms with Crippen molar-refractivity contribution in [2.45, 2.75) is 54.4 Å². The van der Waals surface area contributed by atoms with Crippen LogP contribution in [0.25, 0.3) is 0 Å². The van der Waals surface area contributed by atoms with Gasteiger partial charge in [0.05, 0.1) is 12.1 Å². The quantitative estimate of drug-likeness (QED) is 0.0156. The summed E-state index contributed by atoms with van der Waals surface area (Å²) in [6, 6.07) is 75.5. The highest BCUT2D eigenvalue weighted by Gasteiger charge is 2.57. The zero-order chi connectivity index (χ0) is 64.8. The maximum Gasteiger partial charge on any atom is 0.410 e. The van der Waals surface area contributed by atoms with Crippen molar-refractivity contribution in [2.75, 3.05) is 31.6 Å². The predicted molar refractivity (Wildman–Crippen MR) is 363 cm³/mol. The second-order valence-corrected chi connectivity index (χ2v) is 25.2. The number of β-lactam (4-membered cyclic amide) rings is 1. The highest BCUT2D eigenvalue weighted by Crippen LogP contribution is 2.50. The topological polar surface area (TPSA) is 183 Å². The Morgan fingerprint density at radius 2 is 1.17 bits per heavy atom. The molecular weight excluding hydrogens is 1220 g/mol. The average Bonchev–Trinajstić information content (AvgIpc) is 0.855. The zero-order valence-corrected chi connectivity index (χ0v) is 52.7. The molecule has 0 aliphatic carbocycles. The number of carboxylic acids is 1. The fourth-order valence-electron chi connectivity index (χ4n) is 13.9. The Bertz CT molecular complexity index is 4100. The second kappa shape index (κ2) is 27.3. The molecule has 1 aromatic heterocycles. The molecule has 5 heterocycles. The minimum absolute atomic E-state index is 0.0514. The van der Waals surface area contributed by atoms with Crippen LogP contribution in [0.3, 0.4) is 0 Å². The molecule has 1 unspecified atom stereocenters. The lowest BCUT2D eigenvalue weighted by molar-refractivity contribution is -0.156. The number of hydrogen-bond acceptors (Lipinski definition) is 11. The first-order chi connectivity index (χ1) is 46.0. The number of likely N-dealkylation sites (tertiary alicyclic amines) is 2. The molecule has 3 fully saturated rings. The average molecular weight is 1280 g/mol. The molecule has 8 aromatic carbocycles. The van der Waals surface area contributed by atoms with Crippen LogP contribution in [-0.2, 0) is 39.9 Å². The van der Waals surface area contributed by atoms with Crippen LogP contribution in [-0.4, -0.2) is 105 Å². The number of ether oxygens (including phenoxy) is 1. The van der Waals surface area contributed by atoms with E-state index >= 15 is 9.59 Å². The van der Waals surface area contributed by atoms with Crippen molar-refractivity contribution in [3.8, 4) is 0 Å². The number of thiazole rings is 1. The summed E-state index contributed by atoms with van der Waals surface area (Å²) < 4.78 is 5.39. The van der Waals surface area contributed by atoms with Crippen molar-refractivity contribution < 1.29 is 38.7 Å². The van der Waals surface area contributed by atoms with Crippen LogP contribution in [0.2, 0.25) is 4.34 Å². The number of aromatic nitrogens is 1. The Hall–Kier alpha value is -10.7. The summed E-state index contributed by atoms with van der Waals surface area (Å²) >= 11 is 8.58. The minimum Gasteiger partial charge on any atom is -0.477 e. The lowest BCUT2D eigenvalue weighted by Crippen LogP contribution is -2.73. The molecule has 94 heavy (non-hydrogen) atoms. The summed E-state index contributed by atoms with van der Waals surface area (Å²) in [5.74, 6) is -4.40. The number of amides is 4. The SMILES string of the molecule is C=CCOC(=O)N1CC[C@@H](N2CCC(=CC3=C(C(=O)O)N4C(=O)[C@@H](NC(=O)C(=NOC(c5ccccc5)(c5ccccc5)c5ccccc5)c5nc(NC(c6ccccc6)(c6ccccc6)c6ccccc6)sc5Cl)[C@H]4CC3C(c3ccccc3)c3ccccc3)C2=O)C1. The number of benzene rings is 8. The molecule has 4 amide bonds. The first kappa shape index (κ1) is 62.1. The summed E-state index contributed by atoms with van der Waals surface area (Å²) in [6.45, 7) is 4.72. The van der Waals surface area contributed by atoms with Gasteiger partial charge >= 0.3 is 12.1 Å². The summed E-state index contributed by atoms with van der Waals surface area (Å²) in [7, 11) is 0. The Labute approximate surface area is 554 Å². The van der Waals surface area contributed by atoms with E-state index in [0.717, 1.165) is 39.2 Å². The molecule has 15 nitrogen and oxygen atoms in total. The molecule has 4 aliphatic heterocycles. The van der Waals surface area contributed by atoms with Crippen molar-refractivity contribution in [3.05, 3.63) is 333 Å².